The molecule has 3 heteroatoms. The van der Waals surface area contributed by atoms with Crippen LogP contribution in [0, 0.1) is 5.41 Å². The summed E-state index contributed by atoms with van der Waals surface area (Å²) in [6.45, 7) is 6.19. The molecule has 1 spiro atoms. The van der Waals surface area contributed by atoms with Gasteiger partial charge < -0.3 is 4.90 Å². The molecule has 0 aliphatic carbocycles. The Balaban J connectivity index is 1.52. The zero-order valence-electron chi connectivity index (χ0n) is 12.0. The van der Waals surface area contributed by atoms with Crippen LogP contribution in [0.2, 0.25) is 0 Å². The zero-order chi connectivity index (χ0) is 13.1. The highest BCUT2D eigenvalue weighted by Crippen LogP contribution is 2.41. The van der Waals surface area contributed by atoms with Gasteiger partial charge in [0.25, 0.3) is 0 Å². The third-order valence-electron chi connectivity index (χ3n) is 5.09. The van der Waals surface area contributed by atoms with Crippen LogP contribution in [0.3, 0.4) is 0 Å². The van der Waals surface area contributed by atoms with E-state index in [1.54, 1.807) is 0 Å². The standard InChI is InChI=1S/C16H25N3/c1-18-9-4-16(5-10-18)6-11-19(12-7-16)14-15-3-2-8-17-13-15/h2-3,8,13H,4-7,9-12,14H2,1H3. The van der Waals surface area contributed by atoms with Crippen molar-refractivity contribution in [3.8, 4) is 0 Å². The highest BCUT2D eigenvalue weighted by atomic mass is 15.1. The first-order valence-electron chi connectivity index (χ1n) is 7.56. The minimum Gasteiger partial charge on any atom is -0.306 e. The van der Waals surface area contributed by atoms with E-state index in [9.17, 15) is 0 Å². The Bertz CT molecular complexity index is 386. The molecule has 3 nitrogen and oxygen atoms in total. The van der Waals surface area contributed by atoms with Crippen LogP contribution in [0.25, 0.3) is 0 Å². The van der Waals surface area contributed by atoms with Gasteiger partial charge >= 0.3 is 0 Å². The Morgan fingerprint density at radius 1 is 1.11 bits per heavy atom. The van der Waals surface area contributed by atoms with Gasteiger partial charge in [0.05, 0.1) is 0 Å². The monoisotopic (exact) mass is 259 g/mol. The SMILES string of the molecule is CN1CCC2(CC1)CCN(Cc1cccnc1)CC2. The molecule has 0 saturated carbocycles. The molecule has 0 aromatic carbocycles. The Hall–Kier alpha value is -0.930. The van der Waals surface area contributed by atoms with Gasteiger partial charge in [0.2, 0.25) is 0 Å². The van der Waals surface area contributed by atoms with E-state index in [1.165, 1.54) is 57.4 Å². The van der Waals surface area contributed by atoms with Gasteiger partial charge in [-0.3, -0.25) is 9.88 Å². The fourth-order valence-electron chi connectivity index (χ4n) is 3.53. The van der Waals surface area contributed by atoms with Gasteiger partial charge in [-0.1, -0.05) is 6.07 Å². The fraction of sp³-hybridized carbons (Fsp3) is 0.688. The molecule has 1 aromatic rings. The molecule has 2 aliphatic heterocycles. The summed E-state index contributed by atoms with van der Waals surface area (Å²) in [5.74, 6) is 0. The minimum absolute atomic E-state index is 0.665. The van der Waals surface area contributed by atoms with E-state index in [1.807, 2.05) is 18.5 Å². The summed E-state index contributed by atoms with van der Waals surface area (Å²) in [7, 11) is 2.25. The van der Waals surface area contributed by atoms with Crippen LogP contribution in [-0.4, -0.2) is 48.0 Å². The van der Waals surface area contributed by atoms with E-state index in [2.05, 4.69) is 27.9 Å². The summed E-state index contributed by atoms with van der Waals surface area (Å²) >= 11 is 0. The average Bonchev–Trinajstić information content (AvgIpc) is 2.46. The van der Waals surface area contributed by atoms with Gasteiger partial charge in [0.15, 0.2) is 0 Å². The van der Waals surface area contributed by atoms with Crippen molar-refractivity contribution in [2.45, 2.75) is 32.2 Å². The molecule has 3 heterocycles. The van der Waals surface area contributed by atoms with E-state index < -0.39 is 0 Å². The van der Waals surface area contributed by atoms with Crippen LogP contribution in [0.5, 0.6) is 0 Å². The Morgan fingerprint density at radius 3 is 2.42 bits per heavy atom. The number of piperidine rings is 2. The van der Waals surface area contributed by atoms with Gasteiger partial charge in [-0.05, 0) is 76.0 Å². The minimum atomic E-state index is 0.665. The third kappa shape index (κ3) is 3.15. The molecule has 0 unspecified atom stereocenters. The number of rotatable bonds is 2. The van der Waals surface area contributed by atoms with E-state index in [-0.39, 0.29) is 0 Å². The second-order valence-electron chi connectivity index (χ2n) is 6.44. The number of likely N-dealkylation sites (tertiary alicyclic amines) is 2. The summed E-state index contributed by atoms with van der Waals surface area (Å²) in [6, 6.07) is 4.23. The highest BCUT2D eigenvalue weighted by Gasteiger charge is 2.36. The van der Waals surface area contributed by atoms with Crippen molar-refractivity contribution in [3.05, 3.63) is 30.1 Å². The molecule has 2 saturated heterocycles. The van der Waals surface area contributed by atoms with Crippen molar-refractivity contribution < 1.29 is 0 Å². The lowest BCUT2D eigenvalue weighted by atomic mass is 9.71. The molecule has 2 aliphatic rings. The second-order valence-corrected chi connectivity index (χ2v) is 6.44. The molecule has 0 bridgehead atoms. The van der Waals surface area contributed by atoms with Crippen molar-refractivity contribution in [1.29, 1.82) is 0 Å². The molecule has 3 rings (SSSR count). The van der Waals surface area contributed by atoms with Crippen molar-refractivity contribution in [2.24, 2.45) is 5.41 Å². The van der Waals surface area contributed by atoms with Crippen LogP contribution >= 0.6 is 0 Å². The van der Waals surface area contributed by atoms with Crippen LogP contribution in [0.1, 0.15) is 31.2 Å². The number of aromatic nitrogens is 1. The molecule has 0 amide bonds. The predicted molar refractivity (Wildman–Crippen MR) is 77.9 cm³/mol. The Kier molecular flexibility index (Phi) is 3.85. The van der Waals surface area contributed by atoms with Gasteiger partial charge in [-0.25, -0.2) is 0 Å². The quantitative estimate of drug-likeness (QED) is 0.813. The summed E-state index contributed by atoms with van der Waals surface area (Å²) in [4.78, 5) is 9.29. The number of hydrogen-bond donors (Lipinski definition) is 0. The molecule has 0 radical (unpaired) electrons. The summed E-state index contributed by atoms with van der Waals surface area (Å²) in [6.07, 6.45) is 9.45. The topological polar surface area (TPSA) is 19.4 Å². The third-order valence-corrected chi connectivity index (χ3v) is 5.09. The number of pyridine rings is 1. The van der Waals surface area contributed by atoms with Crippen molar-refractivity contribution in [2.75, 3.05) is 33.2 Å². The van der Waals surface area contributed by atoms with Crippen LogP contribution in [0.15, 0.2) is 24.5 Å². The van der Waals surface area contributed by atoms with E-state index in [4.69, 9.17) is 0 Å². The second kappa shape index (κ2) is 5.59. The molecular formula is C16H25N3. The summed E-state index contributed by atoms with van der Waals surface area (Å²) < 4.78 is 0. The predicted octanol–water partition coefficient (Wildman–Crippen LogP) is 2.39. The maximum Gasteiger partial charge on any atom is 0.0312 e. The van der Waals surface area contributed by atoms with Crippen LogP contribution in [-0.2, 0) is 6.54 Å². The number of nitrogens with zero attached hydrogens (tertiary/aromatic N) is 3. The first kappa shape index (κ1) is 13.1. The molecule has 0 N–H and O–H groups in total. The lowest BCUT2D eigenvalue weighted by Gasteiger charge is -2.46. The first-order valence-corrected chi connectivity index (χ1v) is 7.56. The van der Waals surface area contributed by atoms with Crippen LogP contribution < -0.4 is 0 Å². The first-order chi connectivity index (χ1) is 9.26. The maximum atomic E-state index is 4.21. The van der Waals surface area contributed by atoms with Crippen molar-refractivity contribution in [1.82, 2.24) is 14.8 Å². The van der Waals surface area contributed by atoms with Crippen molar-refractivity contribution in [3.63, 3.8) is 0 Å². The molecule has 19 heavy (non-hydrogen) atoms. The summed E-state index contributed by atoms with van der Waals surface area (Å²) in [5.41, 5.74) is 2.01. The molecule has 104 valence electrons. The lowest BCUT2D eigenvalue weighted by Crippen LogP contribution is -2.45. The lowest BCUT2D eigenvalue weighted by molar-refractivity contribution is 0.0400. The van der Waals surface area contributed by atoms with E-state index in [0.29, 0.717) is 5.41 Å². The maximum absolute atomic E-state index is 4.21. The van der Waals surface area contributed by atoms with Gasteiger partial charge in [-0.2, -0.15) is 0 Å². The smallest absolute Gasteiger partial charge is 0.0312 e. The number of hydrogen-bond acceptors (Lipinski definition) is 3. The zero-order valence-corrected chi connectivity index (χ0v) is 12.0. The largest absolute Gasteiger partial charge is 0.306 e. The Labute approximate surface area is 116 Å². The Morgan fingerprint density at radius 2 is 1.79 bits per heavy atom. The van der Waals surface area contributed by atoms with Crippen LogP contribution in [0.4, 0.5) is 0 Å². The summed E-state index contributed by atoms with van der Waals surface area (Å²) in [5, 5.41) is 0. The average molecular weight is 259 g/mol. The highest BCUT2D eigenvalue weighted by molar-refractivity contribution is 5.08. The van der Waals surface area contributed by atoms with Gasteiger partial charge in [-0.15, -0.1) is 0 Å². The fourth-order valence-corrected chi connectivity index (χ4v) is 3.53. The molecule has 1 aromatic heterocycles. The normalized spacial score (nSPS) is 24.7. The van der Waals surface area contributed by atoms with Gasteiger partial charge in [0, 0.05) is 18.9 Å². The van der Waals surface area contributed by atoms with E-state index in [0.717, 1.165) is 6.54 Å². The molecule has 2 fully saturated rings. The van der Waals surface area contributed by atoms with E-state index >= 15 is 0 Å². The van der Waals surface area contributed by atoms with Crippen molar-refractivity contribution >= 4 is 0 Å². The van der Waals surface area contributed by atoms with Gasteiger partial charge in [0.1, 0.15) is 0 Å². The molecular weight excluding hydrogens is 234 g/mol. The molecule has 0 atom stereocenters.